The van der Waals surface area contributed by atoms with Crippen molar-refractivity contribution in [3.8, 4) is 11.3 Å². The number of anilines is 1. The van der Waals surface area contributed by atoms with Crippen LogP contribution in [0.1, 0.15) is 29.5 Å². The SMILES string of the molecule is Cc1cc(C)c(-c2csc(NC(=O)[C@H]3CCCO3)n2)c(C)c1. The van der Waals surface area contributed by atoms with Crippen LogP contribution in [0.5, 0.6) is 0 Å². The van der Waals surface area contributed by atoms with Gasteiger partial charge >= 0.3 is 0 Å². The molecule has 4 nitrogen and oxygen atoms in total. The van der Waals surface area contributed by atoms with Gasteiger partial charge in [-0.3, -0.25) is 10.1 Å². The number of nitrogens with one attached hydrogen (secondary N) is 1. The molecule has 1 fully saturated rings. The van der Waals surface area contributed by atoms with E-state index in [0.717, 1.165) is 24.1 Å². The van der Waals surface area contributed by atoms with Crippen LogP contribution in [-0.4, -0.2) is 23.6 Å². The van der Waals surface area contributed by atoms with Gasteiger partial charge in [0, 0.05) is 17.6 Å². The van der Waals surface area contributed by atoms with Gasteiger partial charge < -0.3 is 4.74 Å². The first kappa shape index (κ1) is 15.2. The Labute approximate surface area is 134 Å². The second-order valence-electron chi connectivity index (χ2n) is 5.80. The molecule has 3 rings (SSSR count). The number of hydrogen-bond donors (Lipinski definition) is 1. The molecule has 1 N–H and O–H groups in total. The van der Waals surface area contributed by atoms with Gasteiger partial charge in [-0.2, -0.15) is 0 Å². The first-order chi connectivity index (χ1) is 10.5. The lowest BCUT2D eigenvalue weighted by Gasteiger charge is -2.09. The maximum Gasteiger partial charge on any atom is 0.255 e. The van der Waals surface area contributed by atoms with Crippen molar-refractivity contribution in [1.82, 2.24) is 4.98 Å². The molecule has 1 atom stereocenters. The van der Waals surface area contributed by atoms with Crippen LogP contribution in [0.3, 0.4) is 0 Å². The zero-order valence-corrected chi connectivity index (χ0v) is 13.9. The fourth-order valence-corrected chi connectivity index (χ4v) is 3.70. The summed E-state index contributed by atoms with van der Waals surface area (Å²) in [5.41, 5.74) is 5.74. The van der Waals surface area contributed by atoms with Gasteiger partial charge in [0.15, 0.2) is 5.13 Å². The molecule has 1 aromatic heterocycles. The van der Waals surface area contributed by atoms with Crippen LogP contribution in [0.4, 0.5) is 5.13 Å². The van der Waals surface area contributed by atoms with Gasteiger partial charge in [0.2, 0.25) is 0 Å². The smallest absolute Gasteiger partial charge is 0.255 e. The van der Waals surface area contributed by atoms with Crippen molar-refractivity contribution in [3.05, 3.63) is 34.2 Å². The number of carbonyl (C=O) groups is 1. The van der Waals surface area contributed by atoms with E-state index < -0.39 is 0 Å². The first-order valence-corrected chi connectivity index (χ1v) is 8.39. The van der Waals surface area contributed by atoms with Gasteiger partial charge in [-0.05, 0) is 44.7 Å². The average molecular weight is 316 g/mol. The summed E-state index contributed by atoms with van der Waals surface area (Å²) < 4.78 is 5.39. The van der Waals surface area contributed by atoms with E-state index in [1.807, 2.05) is 5.38 Å². The molecule has 0 aliphatic carbocycles. The molecule has 2 heterocycles. The van der Waals surface area contributed by atoms with Crippen LogP contribution in [0.15, 0.2) is 17.5 Å². The number of hydrogen-bond acceptors (Lipinski definition) is 4. The number of thiazole rings is 1. The quantitative estimate of drug-likeness (QED) is 0.935. The van der Waals surface area contributed by atoms with Crippen molar-refractivity contribution in [2.45, 2.75) is 39.7 Å². The lowest BCUT2D eigenvalue weighted by atomic mass is 9.98. The summed E-state index contributed by atoms with van der Waals surface area (Å²) in [4.78, 5) is 16.6. The molecule has 116 valence electrons. The fraction of sp³-hybridized carbons (Fsp3) is 0.412. The van der Waals surface area contributed by atoms with Crippen molar-refractivity contribution in [2.75, 3.05) is 11.9 Å². The standard InChI is InChI=1S/C17H20N2O2S/c1-10-7-11(2)15(12(3)8-10)13-9-22-17(18-13)19-16(20)14-5-4-6-21-14/h7-9,14H,4-6H2,1-3H3,(H,18,19,20)/t14-/m1/s1. The van der Waals surface area contributed by atoms with Gasteiger partial charge in [0.05, 0.1) is 5.69 Å². The average Bonchev–Trinajstić information content (AvgIpc) is 3.08. The molecule has 0 unspecified atom stereocenters. The zero-order valence-electron chi connectivity index (χ0n) is 13.1. The van der Waals surface area contributed by atoms with Gasteiger partial charge in [-0.25, -0.2) is 4.98 Å². The number of ether oxygens (including phenoxy) is 1. The molecule has 1 aliphatic rings. The van der Waals surface area contributed by atoms with Crippen molar-refractivity contribution < 1.29 is 9.53 Å². The van der Waals surface area contributed by atoms with Crippen LogP contribution in [0.2, 0.25) is 0 Å². The van der Waals surface area contributed by atoms with Gasteiger partial charge in [-0.15, -0.1) is 11.3 Å². The Kier molecular flexibility index (Phi) is 4.27. The van der Waals surface area contributed by atoms with E-state index in [0.29, 0.717) is 11.7 Å². The third kappa shape index (κ3) is 3.05. The van der Waals surface area contributed by atoms with Crippen LogP contribution >= 0.6 is 11.3 Å². The molecule has 1 aromatic carbocycles. The first-order valence-electron chi connectivity index (χ1n) is 7.51. The summed E-state index contributed by atoms with van der Waals surface area (Å²) in [6, 6.07) is 4.32. The summed E-state index contributed by atoms with van der Waals surface area (Å²) in [7, 11) is 0. The molecular formula is C17H20N2O2S. The summed E-state index contributed by atoms with van der Waals surface area (Å²) >= 11 is 1.45. The monoisotopic (exact) mass is 316 g/mol. The Bertz CT molecular complexity index is 679. The van der Waals surface area contributed by atoms with Gasteiger partial charge in [-0.1, -0.05) is 17.7 Å². The van der Waals surface area contributed by atoms with E-state index in [-0.39, 0.29) is 12.0 Å². The highest BCUT2D eigenvalue weighted by molar-refractivity contribution is 7.14. The Morgan fingerprint density at radius 3 is 2.68 bits per heavy atom. The van der Waals surface area contributed by atoms with E-state index in [9.17, 15) is 4.79 Å². The van der Waals surface area contributed by atoms with E-state index in [1.165, 1.54) is 28.0 Å². The third-order valence-electron chi connectivity index (χ3n) is 3.89. The molecule has 22 heavy (non-hydrogen) atoms. The Morgan fingerprint density at radius 2 is 2.05 bits per heavy atom. The topological polar surface area (TPSA) is 51.2 Å². The summed E-state index contributed by atoms with van der Waals surface area (Å²) in [6.07, 6.45) is 1.42. The maximum atomic E-state index is 12.1. The Balaban J connectivity index is 1.80. The Hall–Kier alpha value is -1.72. The second-order valence-corrected chi connectivity index (χ2v) is 6.66. The molecule has 1 saturated heterocycles. The van der Waals surface area contributed by atoms with Crippen LogP contribution in [0, 0.1) is 20.8 Å². The van der Waals surface area contributed by atoms with Crippen LogP contribution < -0.4 is 5.32 Å². The highest BCUT2D eigenvalue weighted by Crippen LogP contribution is 2.31. The number of nitrogens with zero attached hydrogens (tertiary/aromatic N) is 1. The largest absolute Gasteiger partial charge is 0.368 e. The minimum Gasteiger partial charge on any atom is -0.368 e. The number of rotatable bonds is 3. The zero-order chi connectivity index (χ0) is 15.7. The highest BCUT2D eigenvalue weighted by Gasteiger charge is 2.24. The van der Waals surface area contributed by atoms with Gasteiger partial charge in [0.1, 0.15) is 6.10 Å². The predicted octanol–water partition coefficient (Wildman–Crippen LogP) is 3.85. The van der Waals surface area contributed by atoms with E-state index in [4.69, 9.17) is 4.74 Å². The van der Waals surface area contributed by atoms with Crippen LogP contribution in [0.25, 0.3) is 11.3 Å². The van der Waals surface area contributed by atoms with E-state index >= 15 is 0 Å². The molecule has 0 radical (unpaired) electrons. The van der Waals surface area contributed by atoms with E-state index in [1.54, 1.807) is 0 Å². The number of aromatic nitrogens is 1. The fourth-order valence-electron chi connectivity index (χ4n) is 3.00. The van der Waals surface area contributed by atoms with E-state index in [2.05, 4.69) is 43.2 Å². The minimum absolute atomic E-state index is 0.0873. The molecular weight excluding hydrogens is 296 g/mol. The molecule has 5 heteroatoms. The summed E-state index contributed by atoms with van der Waals surface area (Å²) in [6.45, 7) is 6.96. The number of aryl methyl sites for hydroxylation is 3. The normalized spacial score (nSPS) is 17.7. The molecule has 1 amide bonds. The third-order valence-corrected chi connectivity index (χ3v) is 4.65. The second kappa shape index (κ2) is 6.18. The van der Waals surface area contributed by atoms with Crippen molar-refractivity contribution in [2.24, 2.45) is 0 Å². The molecule has 0 spiro atoms. The lowest BCUT2D eigenvalue weighted by molar-refractivity contribution is -0.124. The minimum atomic E-state index is -0.324. The predicted molar refractivity (Wildman–Crippen MR) is 89.4 cm³/mol. The molecule has 0 bridgehead atoms. The number of carbonyl (C=O) groups excluding carboxylic acids is 1. The van der Waals surface area contributed by atoms with Crippen LogP contribution in [-0.2, 0) is 9.53 Å². The molecule has 2 aromatic rings. The van der Waals surface area contributed by atoms with Crippen molar-refractivity contribution in [1.29, 1.82) is 0 Å². The van der Waals surface area contributed by atoms with Crippen molar-refractivity contribution in [3.63, 3.8) is 0 Å². The van der Waals surface area contributed by atoms with Gasteiger partial charge in [0.25, 0.3) is 5.91 Å². The Morgan fingerprint density at radius 1 is 1.32 bits per heavy atom. The van der Waals surface area contributed by atoms with Crippen molar-refractivity contribution >= 4 is 22.4 Å². The lowest BCUT2D eigenvalue weighted by Crippen LogP contribution is -2.26. The molecule has 1 aliphatic heterocycles. The molecule has 0 saturated carbocycles. The summed E-state index contributed by atoms with van der Waals surface area (Å²) in [5.74, 6) is -0.0873. The number of amides is 1. The summed E-state index contributed by atoms with van der Waals surface area (Å²) in [5, 5.41) is 5.50. The highest BCUT2D eigenvalue weighted by atomic mass is 32.1. The maximum absolute atomic E-state index is 12.1. The number of benzene rings is 1.